The van der Waals surface area contributed by atoms with Gasteiger partial charge in [-0.25, -0.2) is 4.39 Å². The van der Waals surface area contributed by atoms with Crippen LogP contribution in [0.3, 0.4) is 0 Å². The summed E-state index contributed by atoms with van der Waals surface area (Å²) in [5, 5.41) is 14.7. The zero-order valence-electron chi connectivity index (χ0n) is 13.3. The van der Waals surface area contributed by atoms with Gasteiger partial charge in [0.2, 0.25) is 0 Å². The first-order valence-electron chi connectivity index (χ1n) is 7.79. The van der Waals surface area contributed by atoms with Gasteiger partial charge in [0.25, 0.3) is 0 Å². The number of nitrogens with one attached hydrogen (secondary N) is 2. The molecule has 23 heavy (non-hydrogen) atoms. The van der Waals surface area contributed by atoms with Crippen molar-refractivity contribution in [1.29, 1.82) is 0 Å². The fourth-order valence-corrected chi connectivity index (χ4v) is 2.64. The van der Waals surface area contributed by atoms with Crippen LogP contribution in [0, 0.1) is 5.82 Å². The predicted molar refractivity (Wildman–Crippen MR) is 90.4 cm³/mol. The second-order valence-corrected chi connectivity index (χ2v) is 6.00. The van der Waals surface area contributed by atoms with Crippen LogP contribution < -0.4 is 10.1 Å². The van der Waals surface area contributed by atoms with Gasteiger partial charge >= 0.3 is 0 Å². The van der Waals surface area contributed by atoms with Gasteiger partial charge in [0, 0.05) is 23.5 Å². The Morgan fingerprint density at radius 1 is 1.17 bits per heavy atom. The van der Waals surface area contributed by atoms with E-state index in [0.717, 1.165) is 16.4 Å². The van der Waals surface area contributed by atoms with Crippen LogP contribution in [0.25, 0.3) is 21.8 Å². The number of hydrogen-bond acceptors (Lipinski definition) is 3. The van der Waals surface area contributed by atoms with E-state index < -0.39 is 11.9 Å². The molecule has 0 radical (unpaired) electrons. The summed E-state index contributed by atoms with van der Waals surface area (Å²) in [5.41, 5.74) is 1.75. The van der Waals surface area contributed by atoms with E-state index in [0.29, 0.717) is 11.9 Å². The summed E-state index contributed by atoms with van der Waals surface area (Å²) in [6.07, 6.45) is -0.697. The highest BCUT2D eigenvalue weighted by Gasteiger charge is 2.16. The Kier molecular flexibility index (Phi) is 4.50. The van der Waals surface area contributed by atoms with Crippen molar-refractivity contribution in [2.24, 2.45) is 0 Å². The Balaban J connectivity index is 1.89. The number of H-pyrrole nitrogens is 1. The summed E-state index contributed by atoms with van der Waals surface area (Å²) in [6.45, 7) is 4.44. The number of benzene rings is 2. The van der Waals surface area contributed by atoms with Gasteiger partial charge in [-0.2, -0.15) is 0 Å². The predicted octanol–water partition coefficient (Wildman–Crippen LogP) is 3.20. The van der Waals surface area contributed by atoms with E-state index >= 15 is 0 Å². The largest absolute Gasteiger partial charge is 0.487 e. The van der Waals surface area contributed by atoms with Crippen molar-refractivity contribution in [2.75, 3.05) is 13.2 Å². The highest BCUT2D eigenvalue weighted by Crippen LogP contribution is 2.35. The van der Waals surface area contributed by atoms with E-state index in [9.17, 15) is 9.50 Å². The molecule has 5 heteroatoms. The van der Waals surface area contributed by atoms with Crippen LogP contribution in [0.4, 0.5) is 4.39 Å². The molecule has 4 nitrogen and oxygen atoms in total. The van der Waals surface area contributed by atoms with Crippen LogP contribution in [-0.2, 0) is 0 Å². The van der Waals surface area contributed by atoms with E-state index in [4.69, 9.17) is 4.74 Å². The van der Waals surface area contributed by atoms with E-state index in [1.54, 1.807) is 6.07 Å². The Bertz CT molecular complexity index is 813. The number of halogens is 1. The summed E-state index contributed by atoms with van der Waals surface area (Å²) in [5.74, 6) is -0.241. The Morgan fingerprint density at radius 2 is 1.96 bits per heavy atom. The molecule has 0 bridgehead atoms. The fourth-order valence-electron chi connectivity index (χ4n) is 2.64. The second-order valence-electron chi connectivity index (χ2n) is 6.00. The first-order chi connectivity index (χ1) is 11.1. The summed E-state index contributed by atoms with van der Waals surface area (Å²) in [7, 11) is 0. The van der Waals surface area contributed by atoms with Crippen molar-refractivity contribution in [2.45, 2.75) is 26.0 Å². The molecule has 0 aliphatic rings. The molecular weight excluding hydrogens is 295 g/mol. The Hall–Kier alpha value is -2.11. The standard InChI is InChI=1S/C18H21FN2O2/c1-11(2)20-9-12(22)10-23-18-14(19)7-8-16-17(18)13-5-3-4-6-15(13)21-16/h3-8,11-12,20-22H,9-10H2,1-2H3. The highest BCUT2D eigenvalue weighted by molar-refractivity contribution is 6.10. The van der Waals surface area contributed by atoms with Gasteiger partial charge in [-0.15, -0.1) is 0 Å². The lowest BCUT2D eigenvalue weighted by Crippen LogP contribution is -2.35. The average Bonchev–Trinajstić information content (AvgIpc) is 2.91. The zero-order valence-corrected chi connectivity index (χ0v) is 13.3. The van der Waals surface area contributed by atoms with Crippen molar-refractivity contribution in [3.05, 3.63) is 42.2 Å². The molecule has 0 spiro atoms. The third-order valence-corrected chi connectivity index (χ3v) is 3.76. The van der Waals surface area contributed by atoms with Crippen LogP contribution >= 0.6 is 0 Å². The first kappa shape index (κ1) is 15.8. The summed E-state index contributed by atoms with van der Waals surface area (Å²) >= 11 is 0. The molecule has 3 rings (SSSR count). The Morgan fingerprint density at radius 3 is 2.74 bits per heavy atom. The van der Waals surface area contributed by atoms with Crippen molar-refractivity contribution < 1.29 is 14.2 Å². The SMILES string of the molecule is CC(C)NCC(O)COc1c(F)ccc2[nH]c3ccccc3c12. The van der Waals surface area contributed by atoms with Crippen LogP contribution in [0.5, 0.6) is 5.75 Å². The van der Waals surface area contributed by atoms with E-state index in [1.165, 1.54) is 6.07 Å². The maximum atomic E-state index is 14.3. The topological polar surface area (TPSA) is 57.3 Å². The first-order valence-corrected chi connectivity index (χ1v) is 7.79. The highest BCUT2D eigenvalue weighted by atomic mass is 19.1. The normalized spacial score (nSPS) is 13.1. The second kappa shape index (κ2) is 6.56. The molecule has 1 aromatic heterocycles. The van der Waals surface area contributed by atoms with Gasteiger partial charge in [-0.3, -0.25) is 0 Å². The molecule has 1 unspecified atom stereocenters. The number of aromatic nitrogens is 1. The molecule has 3 N–H and O–H groups in total. The lowest BCUT2D eigenvalue weighted by atomic mass is 10.1. The van der Waals surface area contributed by atoms with E-state index in [1.807, 2.05) is 38.1 Å². The summed E-state index contributed by atoms with van der Waals surface area (Å²) in [4.78, 5) is 3.25. The molecule has 1 heterocycles. The van der Waals surface area contributed by atoms with Crippen molar-refractivity contribution in [3.63, 3.8) is 0 Å². The van der Waals surface area contributed by atoms with Gasteiger partial charge in [0.15, 0.2) is 11.6 Å². The van der Waals surface area contributed by atoms with Crippen molar-refractivity contribution >= 4 is 21.8 Å². The Labute approximate surface area is 134 Å². The monoisotopic (exact) mass is 316 g/mol. The van der Waals surface area contributed by atoms with Gasteiger partial charge in [0.1, 0.15) is 12.7 Å². The zero-order chi connectivity index (χ0) is 16.4. The van der Waals surface area contributed by atoms with Crippen LogP contribution in [0.2, 0.25) is 0 Å². The van der Waals surface area contributed by atoms with Crippen molar-refractivity contribution in [3.8, 4) is 5.75 Å². The number of aliphatic hydroxyl groups excluding tert-OH is 1. The number of aromatic amines is 1. The average molecular weight is 316 g/mol. The third kappa shape index (κ3) is 3.30. The fraction of sp³-hybridized carbons (Fsp3) is 0.333. The molecule has 122 valence electrons. The molecule has 0 fully saturated rings. The molecule has 0 saturated heterocycles. The summed E-state index contributed by atoms with van der Waals surface area (Å²) < 4.78 is 19.9. The molecule has 0 aliphatic carbocycles. The van der Waals surface area contributed by atoms with Gasteiger partial charge in [-0.1, -0.05) is 32.0 Å². The molecule has 3 aromatic rings. The number of rotatable bonds is 6. The lowest BCUT2D eigenvalue weighted by Gasteiger charge is -2.16. The number of para-hydroxylation sites is 1. The van der Waals surface area contributed by atoms with Crippen LogP contribution in [0.15, 0.2) is 36.4 Å². The van der Waals surface area contributed by atoms with Crippen molar-refractivity contribution in [1.82, 2.24) is 10.3 Å². The van der Waals surface area contributed by atoms with Gasteiger partial charge in [-0.05, 0) is 18.2 Å². The van der Waals surface area contributed by atoms with E-state index in [-0.39, 0.29) is 18.4 Å². The summed E-state index contributed by atoms with van der Waals surface area (Å²) in [6, 6.07) is 11.1. The minimum Gasteiger partial charge on any atom is -0.487 e. The van der Waals surface area contributed by atoms with Crippen LogP contribution in [0.1, 0.15) is 13.8 Å². The van der Waals surface area contributed by atoms with Gasteiger partial charge in [0.05, 0.1) is 10.9 Å². The van der Waals surface area contributed by atoms with E-state index in [2.05, 4.69) is 10.3 Å². The minimum atomic E-state index is -0.697. The maximum absolute atomic E-state index is 14.3. The number of aliphatic hydroxyl groups is 1. The quantitative estimate of drug-likeness (QED) is 0.654. The molecule has 0 amide bonds. The van der Waals surface area contributed by atoms with Gasteiger partial charge < -0.3 is 20.1 Å². The maximum Gasteiger partial charge on any atom is 0.165 e. The number of hydrogen-bond donors (Lipinski definition) is 3. The third-order valence-electron chi connectivity index (χ3n) is 3.76. The molecule has 0 aliphatic heterocycles. The molecular formula is C18H21FN2O2. The lowest BCUT2D eigenvalue weighted by molar-refractivity contribution is 0.103. The number of ether oxygens (including phenoxy) is 1. The van der Waals surface area contributed by atoms with Crippen LogP contribution in [-0.4, -0.2) is 35.4 Å². The number of fused-ring (bicyclic) bond motifs is 3. The molecule has 0 saturated carbocycles. The molecule has 2 aromatic carbocycles. The minimum absolute atomic E-state index is 0.0370. The smallest absolute Gasteiger partial charge is 0.165 e. The molecule has 1 atom stereocenters.